The van der Waals surface area contributed by atoms with Crippen molar-refractivity contribution in [1.29, 1.82) is 0 Å². The Morgan fingerprint density at radius 3 is 2.47 bits per heavy atom. The van der Waals surface area contributed by atoms with Crippen molar-refractivity contribution in [3.63, 3.8) is 0 Å². The summed E-state index contributed by atoms with van der Waals surface area (Å²) in [6.45, 7) is 7.67. The molecule has 2 rings (SSSR count). The molecule has 1 aliphatic rings. The highest BCUT2D eigenvalue weighted by atomic mass is 16.2. The van der Waals surface area contributed by atoms with Crippen LogP contribution in [0.1, 0.15) is 32.3 Å². The van der Waals surface area contributed by atoms with E-state index in [9.17, 15) is 4.79 Å². The van der Waals surface area contributed by atoms with E-state index in [0.29, 0.717) is 0 Å². The number of nitrogens with two attached hydrogens (primary N) is 1. The molecule has 0 unspecified atom stereocenters. The second-order valence-corrected chi connectivity index (χ2v) is 5.87. The molecule has 1 heterocycles. The van der Waals surface area contributed by atoms with Gasteiger partial charge in [0, 0.05) is 24.5 Å². The molecule has 3 N–H and O–H groups in total. The van der Waals surface area contributed by atoms with Gasteiger partial charge >= 0.3 is 0 Å². The molecule has 1 fully saturated rings. The minimum absolute atomic E-state index is 0.162. The highest BCUT2D eigenvalue weighted by Gasteiger charge is 2.22. The Balaban J connectivity index is 2.13. The first-order chi connectivity index (χ1) is 8.88. The molecule has 19 heavy (non-hydrogen) atoms. The number of anilines is 2. The molecule has 4 heteroatoms. The molecule has 1 amide bonds. The Bertz CT molecular complexity index is 471. The minimum atomic E-state index is -0.861. The van der Waals surface area contributed by atoms with Crippen LogP contribution in [-0.4, -0.2) is 24.5 Å². The number of rotatable bonds is 3. The number of carbonyl (C=O) groups is 1. The Morgan fingerprint density at radius 2 is 1.95 bits per heavy atom. The van der Waals surface area contributed by atoms with Crippen molar-refractivity contribution in [2.75, 3.05) is 23.3 Å². The molecule has 1 aliphatic heterocycles. The summed E-state index contributed by atoms with van der Waals surface area (Å²) in [7, 11) is 0. The number of nitrogens with zero attached hydrogens (tertiary/aromatic N) is 1. The number of amides is 1. The third kappa shape index (κ3) is 3.26. The van der Waals surface area contributed by atoms with Crippen molar-refractivity contribution in [1.82, 2.24) is 0 Å². The van der Waals surface area contributed by atoms with Gasteiger partial charge < -0.3 is 16.0 Å². The molecule has 0 radical (unpaired) electrons. The number of aryl methyl sites for hydroxylation is 1. The van der Waals surface area contributed by atoms with Crippen LogP contribution < -0.4 is 16.0 Å². The second kappa shape index (κ2) is 5.21. The van der Waals surface area contributed by atoms with Gasteiger partial charge in [0.2, 0.25) is 5.91 Å². The van der Waals surface area contributed by atoms with Crippen LogP contribution >= 0.6 is 0 Å². The average Bonchev–Trinajstić information content (AvgIpc) is 2.84. The fourth-order valence-corrected chi connectivity index (χ4v) is 2.24. The summed E-state index contributed by atoms with van der Waals surface area (Å²) in [6.07, 6.45) is 2.53. The van der Waals surface area contributed by atoms with Gasteiger partial charge in [0.05, 0.1) is 5.54 Å². The van der Waals surface area contributed by atoms with E-state index >= 15 is 0 Å². The van der Waals surface area contributed by atoms with E-state index in [1.807, 2.05) is 13.0 Å². The zero-order chi connectivity index (χ0) is 14.0. The van der Waals surface area contributed by atoms with Crippen molar-refractivity contribution in [3.05, 3.63) is 23.8 Å². The minimum Gasteiger partial charge on any atom is -0.372 e. The fourth-order valence-electron chi connectivity index (χ4n) is 2.24. The van der Waals surface area contributed by atoms with E-state index in [4.69, 9.17) is 5.73 Å². The number of hydrogen-bond donors (Lipinski definition) is 2. The van der Waals surface area contributed by atoms with Gasteiger partial charge in [0.15, 0.2) is 0 Å². The third-order valence-electron chi connectivity index (χ3n) is 3.51. The van der Waals surface area contributed by atoms with E-state index in [-0.39, 0.29) is 5.91 Å². The largest absolute Gasteiger partial charge is 0.372 e. The number of nitrogens with one attached hydrogen (secondary N) is 1. The third-order valence-corrected chi connectivity index (χ3v) is 3.51. The maximum absolute atomic E-state index is 11.9. The lowest BCUT2D eigenvalue weighted by atomic mass is 10.1. The summed E-state index contributed by atoms with van der Waals surface area (Å²) in [6, 6.07) is 6.16. The van der Waals surface area contributed by atoms with Gasteiger partial charge in [0.25, 0.3) is 0 Å². The van der Waals surface area contributed by atoms with Gasteiger partial charge in [-0.3, -0.25) is 4.79 Å². The quantitative estimate of drug-likeness (QED) is 0.877. The first-order valence-corrected chi connectivity index (χ1v) is 6.84. The molecular formula is C15H23N3O. The van der Waals surface area contributed by atoms with Crippen molar-refractivity contribution >= 4 is 17.3 Å². The van der Waals surface area contributed by atoms with E-state index in [1.54, 1.807) is 13.8 Å². The lowest BCUT2D eigenvalue weighted by Gasteiger charge is -2.21. The zero-order valence-corrected chi connectivity index (χ0v) is 12.0. The van der Waals surface area contributed by atoms with E-state index < -0.39 is 5.54 Å². The maximum Gasteiger partial charge on any atom is 0.243 e. The summed E-state index contributed by atoms with van der Waals surface area (Å²) in [5.41, 5.74) is 8.07. The molecule has 1 aromatic carbocycles. The number of carbonyl (C=O) groups excluding carboxylic acids is 1. The molecule has 0 bridgehead atoms. The Hall–Kier alpha value is -1.55. The normalized spacial score (nSPS) is 15.7. The summed E-state index contributed by atoms with van der Waals surface area (Å²) in [5.74, 6) is -0.162. The molecule has 1 aromatic rings. The van der Waals surface area contributed by atoms with E-state index in [1.165, 1.54) is 18.5 Å². The predicted octanol–water partition coefficient (Wildman–Crippen LogP) is 2.27. The van der Waals surface area contributed by atoms with Gasteiger partial charge in [-0.2, -0.15) is 0 Å². The van der Waals surface area contributed by atoms with Crippen LogP contribution in [0.5, 0.6) is 0 Å². The van der Waals surface area contributed by atoms with Gasteiger partial charge in [0.1, 0.15) is 0 Å². The smallest absolute Gasteiger partial charge is 0.243 e. The van der Waals surface area contributed by atoms with Crippen LogP contribution in [-0.2, 0) is 4.79 Å². The number of hydrogen-bond acceptors (Lipinski definition) is 3. The fraction of sp³-hybridized carbons (Fsp3) is 0.533. The van der Waals surface area contributed by atoms with Gasteiger partial charge in [-0.05, 0) is 57.4 Å². The average molecular weight is 261 g/mol. The second-order valence-electron chi connectivity index (χ2n) is 5.87. The van der Waals surface area contributed by atoms with Gasteiger partial charge in [-0.1, -0.05) is 0 Å². The topological polar surface area (TPSA) is 58.4 Å². The molecule has 0 aromatic heterocycles. The molecule has 0 atom stereocenters. The van der Waals surface area contributed by atoms with Crippen molar-refractivity contribution in [3.8, 4) is 0 Å². The van der Waals surface area contributed by atoms with Crippen molar-refractivity contribution in [2.24, 2.45) is 5.73 Å². The Morgan fingerprint density at radius 1 is 1.32 bits per heavy atom. The predicted molar refractivity (Wildman–Crippen MR) is 79.5 cm³/mol. The summed E-state index contributed by atoms with van der Waals surface area (Å²) in [4.78, 5) is 14.3. The highest BCUT2D eigenvalue weighted by molar-refractivity contribution is 5.98. The van der Waals surface area contributed by atoms with Crippen LogP contribution in [0.25, 0.3) is 0 Å². The maximum atomic E-state index is 11.9. The first-order valence-electron chi connectivity index (χ1n) is 6.84. The lowest BCUT2D eigenvalue weighted by Crippen LogP contribution is -2.45. The summed E-state index contributed by atoms with van der Waals surface area (Å²) >= 11 is 0. The summed E-state index contributed by atoms with van der Waals surface area (Å²) < 4.78 is 0. The van der Waals surface area contributed by atoms with Crippen LogP contribution in [0.3, 0.4) is 0 Å². The Kier molecular flexibility index (Phi) is 3.80. The zero-order valence-electron chi connectivity index (χ0n) is 12.0. The first kappa shape index (κ1) is 13.9. The van der Waals surface area contributed by atoms with E-state index in [2.05, 4.69) is 22.3 Å². The summed E-state index contributed by atoms with van der Waals surface area (Å²) in [5, 5.41) is 2.89. The van der Waals surface area contributed by atoms with Crippen LogP contribution in [0.4, 0.5) is 11.4 Å². The molecule has 104 valence electrons. The molecule has 0 saturated carbocycles. The Labute approximate surface area is 115 Å². The molecule has 0 aliphatic carbocycles. The molecule has 4 nitrogen and oxygen atoms in total. The van der Waals surface area contributed by atoms with Crippen LogP contribution in [0, 0.1) is 6.92 Å². The highest BCUT2D eigenvalue weighted by Crippen LogP contribution is 2.25. The van der Waals surface area contributed by atoms with Gasteiger partial charge in [-0.15, -0.1) is 0 Å². The SMILES string of the molecule is Cc1cc(N2CCCC2)ccc1NC(=O)C(C)(C)N. The molecular weight excluding hydrogens is 238 g/mol. The van der Waals surface area contributed by atoms with Crippen molar-refractivity contribution < 1.29 is 4.79 Å². The van der Waals surface area contributed by atoms with Crippen LogP contribution in [0.2, 0.25) is 0 Å². The standard InChI is InChI=1S/C15H23N3O/c1-11-10-12(18-8-4-5-9-18)6-7-13(11)17-14(19)15(2,3)16/h6-7,10H,4-5,8-9,16H2,1-3H3,(H,17,19). The van der Waals surface area contributed by atoms with E-state index in [0.717, 1.165) is 24.3 Å². The van der Waals surface area contributed by atoms with Crippen molar-refractivity contribution in [2.45, 2.75) is 39.2 Å². The molecule has 1 saturated heterocycles. The molecule has 0 spiro atoms. The number of benzene rings is 1. The monoisotopic (exact) mass is 261 g/mol. The van der Waals surface area contributed by atoms with Gasteiger partial charge in [-0.25, -0.2) is 0 Å². The van der Waals surface area contributed by atoms with Crippen LogP contribution in [0.15, 0.2) is 18.2 Å². The lowest BCUT2D eigenvalue weighted by molar-refractivity contribution is -0.120.